The molecule has 1 fully saturated rings. The molecule has 1 aromatic heterocycles. The smallest absolute Gasteiger partial charge is 0.328 e. The van der Waals surface area contributed by atoms with E-state index in [1.165, 1.54) is 7.11 Å². The van der Waals surface area contributed by atoms with Crippen LogP contribution in [0.5, 0.6) is 0 Å². The van der Waals surface area contributed by atoms with Crippen molar-refractivity contribution in [3.05, 3.63) is 17.5 Å². The molecule has 0 spiro atoms. The molecule has 0 aliphatic carbocycles. The van der Waals surface area contributed by atoms with E-state index in [1.54, 1.807) is 9.58 Å². The Labute approximate surface area is 118 Å². The lowest BCUT2D eigenvalue weighted by Crippen LogP contribution is -2.49. The first-order valence-corrected chi connectivity index (χ1v) is 6.91. The van der Waals surface area contributed by atoms with Gasteiger partial charge in [-0.1, -0.05) is 0 Å². The highest BCUT2D eigenvalue weighted by atomic mass is 16.5. The zero-order valence-corrected chi connectivity index (χ0v) is 12.3. The van der Waals surface area contributed by atoms with Gasteiger partial charge in [-0.25, -0.2) is 4.79 Å². The fourth-order valence-corrected chi connectivity index (χ4v) is 2.67. The first-order valence-electron chi connectivity index (χ1n) is 6.91. The molecule has 0 radical (unpaired) electrons. The molecule has 1 aromatic rings. The van der Waals surface area contributed by atoms with Gasteiger partial charge >= 0.3 is 5.97 Å². The van der Waals surface area contributed by atoms with Crippen LogP contribution in [0.15, 0.2) is 6.07 Å². The van der Waals surface area contributed by atoms with Gasteiger partial charge in [0.2, 0.25) is 5.91 Å². The van der Waals surface area contributed by atoms with E-state index in [-0.39, 0.29) is 18.4 Å². The first kappa shape index (κ1) is 14.6. The Morgan fingerprint density at radius 1 is 1.40 bits per heavy atom. The molecule has 0 bridgehead atoms. The van der Waals surface area contributed by atoms with Gasteiger partial charge in [0, 0.05) is 12.2 Å². The number of piperidine rings is 1. The Kier molecular flexibility index (Phi) is 4.42. The molecule has 0 saturated carbocycles. The Balaban J connectivity index is 2.10. The van der Waals surface area contributed by atoms with Crippen LogP contribution in [0, 0.1) is 13.8 Å². The number of ether oxygens (including phenoxy) is 1. The number of methoxy groups -OCH3 is 1. The van der Waals surface area contributed by atoms with Gasteiger partial charge in [-0.2, -0.15) is 5.10 Å². The van der Waals surface area contributed by atoms with E-state index in [0.717, 1.165) is 24.2 Å². The zero-order valence-electron chi connectivity index (χ0n) is 12.3. The number of rotatable bonds is 3. The molecular formula is C14H21N3O3. The molecule has 2 heterocycles. The van der Waals surface area contributed by atoms with Crippen LogP contribution >= 0.6 is 0 Å². The second-order valence-corrected chi connectivity index (χ2v) is 5.21. The minimum atomic E-state index is -0.446. The molecule has 1 unspecified atom stereocenters. The molecule has 1 amide bonds. The highest BCUT2D eigenvalue weighted by molar-refractivity contribution is 5.84. The second-order valence-electron chi connectivity index (χ2n) is 5.21. The minimum Gasteiger partial charge on any atom is -0.467 e. The molecule has 0 aromatic carbocycles. The normalized spacial score (nSPS) is 18.9. The summed E-state index contributed by atoms with van der Waals surface area (Å²) in [6.45, 7) is 4.60. The van der Waals surface area contributed by atoms with E-state index < -0.39 is 6.04 Å². The standard InChI is InChI=1S/C14H21N3O3/c1-10-8-11(2)17(15-10)9-13(18)16-7-5-4-6-12(16)14(19)20-3/h8,12H,4-7,9H2,1-3H3. The summed E-state index contributed by atoms with van der Waals surface area (Å²) in [5.41, 5.74) is 1.83. The van der Waals surface area contributed by atoms with E-state index in [1.807, 2.05) is 19.9 Å². The van der Waals surface area contributed by atoms with Gasteiger partial charge < -0.3 is 9.64 Å². The number of amides is 1. The number of hydrogen-bond acceptors (Lipinski definition) is 4. The zero-order chi connectivity index (χ0) is 14.7. The fraction of sp³-hybridized carbons (Fsp3) is 0.643. The number of nitrogens with zero attached hydrogens (tertiary/aromatic N) is 3. The number of carbonyl (C=O) groups excluding carboxylic acids is 2. The number of aryl methyl sites for hydroxylation is 2. The third-order valence-electron chi connectivity index (χ3n) is 3.68. The topological polar surface area (TPSA) is 64.4 Å². The lowest BCUT2D eigenvalue weighted by atomic mass is 10.0. The molecule has 6 heteroatoms. The summed E-state index contributed by atoms with van der Waals surface area (Å²) in [6, 6.07) is 1.49. The summed E-state index contributed by atoms with van der Waals surface area (Å²) < 4.78 is 6.47. The average Bonchev–Trinajstić information content (AvgIpc) is 2.76. The van der Waals surface area contributed by atoms with Crippen LogP contribution in [0.4, 0.5) is 0 Å². The molecule has 110 valence electrons. The van der Waals surface area contributed by atoms with Gasteiger partial charge in [0.15, 0.2) is 0 Å². The quantitative estimate of drug-likeness (QED) is 0.776. The molecule has 1 aliphatic rings. The second kappa shape index (κ2) is 6.07. The highest BCUT2D eigenvalue weighted by Gasteiger charge is 2.32. The Hall–Kier alpha value is -1.85. The summed E-state index contributed by atoms with van der Waals surface area (Å²) in [4.78, 5) is 25.8. The van der Waals surface area contributed by atoms with Crippen LogP contribution in [0.25, 0.3) is 0 Å². The third-order valence-corrected chi connectivity index (χ3v) is 3.68. The van der Waals surface area contributed by atoms with Crippen LogP contribution in [-0.2, 0) is 20.9 Å². The van der Waals surface area contributed by atoms with Gasteiger partial charge in [0.05, 0.1) is 12.8 Å². The fourth-order valence-electron chi connectivity index (χ4n) is 2.67. The van der Waals surface area contributed by atoms with Crippen LogP contribution in [0.3, 0.4) is 0 Å². The number of esters is 1. The molecule has 1 aliphatic heterocycles. The summed E-state index contributed by atoms with van der Waals surface area (Å²) in [5.74, 6) is -0.405. The van der Waals surface area contributed by atoms with E-state index in [0.29, 0.717) is 13.0 Å². The summed E-state index contributed by atoms with van der Waals surface area (Å²) in [6.07, 6.45) is 2.55. The Morgan fingerprint density at radius 2 is 2.15 bits per heavy atom. The maximum absolute atomic E-state index is 12.4. The SMILES string of the molecule is COC(=O)C1CCCCN1C(=O)Cn1nc(C)cc1C. The van der Waals surface area contributed by atoms with Gasteiger partial charge in [-0.3, -0.25) is 9.48 Å². The maximum Gasteiger partial charge on any atom is 0.328 e. The highest BCUT2D eigenvalue weighted by Crippen LogP contribution is 2.19. The van der Waals surface area contributed by atoms with Crippen molar-refractivity contribution in [2.45, 2.75) is 45.7 Å². The lowest BCUT2D eigenvalue weighted by Gasteiger charge is -2.33. The molecular weight excluding hydrogens is 258 g/mol. The summed E-state index contributed by atoms with van der Waals surface area (Å²) in [7, 11) is 1.36. The maximum atomic E-state index is 12.4. The van der Waals surface area contributed by atoms with Gasteiger partial charge in [-0.05, 0) is 39.2 Å². The van der Waals surface area contributed by atoms with Crippen molar-refractivity contribution >= 4 is 11.9 Å². The van der Waals surface area contributed by atoms with E-state index >= 15 is 0 Å². The van der Waals surface area contributed by atoms with Crippen molar-refractivity contribution in [2.24, 2.45) is 0 Å². The van der Waals surface area contributed by atoms with Crippen LogP contribution in [0.2, 0.25) is 0 Å². The number of aromatic nitrogens is 2. The van der Waals surface area contributed by atoms with E-state index in [2.05, 4.69) is 5.10 Å². The van der Waals surface area contributed by atoms with Gasteiger partial charge in [0.1, 0.15) is 12.6 Å². The van der Waals surface area contributed by atoms with Crippen molar-refractivity contribution in [1.29, 1.82) is 0 Å². The van der Waals surface area contributed by atoms with Crippen molar-refractivity contribution in [3.63, 3.8) is 0 Å². The molecule has 1 atom stereocenters. The van der Waals surface area contributed by atoms with Crippen molar-refractivity contribution in [2.75, 3.05) is 13.7 Å². The molecule has 1 saturated heterocycles. The average molecular weight is 279 g/mol. The molecule has 0 N–H and O–H groups in total. The lowest BCUT2D eigenvalue weighted by molar-refractivity contribution is -0.155. The first-order chi connectivity index (χ1) is 9.52. The van der Waals surface area contributed by atoms with Gasteiger partial charge in [-0.15, -0.1) is 0 Å². The summed E-state index contributed by atoms with van der Waals surface area (Å²) in [5, 5.41) is 4.29. The third kappa shape index (κ3) is 3.00. The monoisotopic (exact) mass is 279 g/mol. The van der Waals surface area contributed by atoms with Crippen molar-refractivity contribution < 1.29 is 14.3 Å². The van der Waals surface area contributed by atoms with Crippen LogP contribution in [0.1, 0.15) is 30.7 Å². The molecule has 20 heavy (non-hydrogen) atoms. The predicted molar refractivity (Wildman–Crippen MR) is 73.1 cm³/mol. The Morgan fingerprint density at radius 3 is 2.75 bits per heavy atom. The van der Waals surface area contributed by atoms with E-state index in [9.17, 15) is 9.59 Å². The molecule has 6 nitrogen and oxygen atoms in total. The molecule has 2 rings (SSSR count). The van der Waals surface area contributed by atoms with Crippen molar-refractivity contribution in [3.8, 4) is 0 Å². The van der Waals surface area contributed by atoms with E-state index in [4.69, 9.17) is 4.74 Å². The van der Waals surface area contributed by atoms with Crippen LogP contribution in [-0.4, -0.2) is 46.3 Å². The van der Waals surface area contributed by atoms with Crippen LogP contribution < -0.4 is 0 Å². The largest absolute Gasteiger partial charge is 0.467 e. The minimum absolute atomic E-state index is 0.0775. The van der Waals surface area contributed by atoms with Crippen molar-refractivity contribution in [1.82, 2.24) is 14.7 Å². The predicted octanol–water partition coefficient (Wildman–Crippen LogP) is 1.05. The number of likely N-dealkylation sites (tertiary alicyclic amines) is 1. The number of carbonyl (C=O) groups is 2. The number of hydrogen-bond donors (Lipinski definition) is 0. The van der Waals surface area contributed by atoms with Gasteiger partial charge in [0.25, 0.3) is 0 Å². The summed E-state index contributed by atoms with van der Waals surface area (Å²) >= 11 is 0. The Bertz CT molecular complexity index is 510.